The molecule has 2 amide bonds. The molecule has 1 aliphatic heterocycles. The number of benzene rings is 1. The van der Waals surface area contributed by atoms with Crippen molar-refractivity contribution >= 4 is 6.03 Å². The SMILES string of the molecule is Cc1cccc(OCCNC(=O)N2CCC[C@@H](c3nncn3C)C2)c1. The van der Waals surface area contributed by atoms with E-state index in [2.05, 4.69) is 15.5 Å². The van der Waals surface area contributed by atoms with Gasteiger partial charge in [0.1, 0.15) is 24.5 Å². The van der Waals surface area contributed by atoms with E-state index in [9.17, 15) is 4.79 Å². The molecule has 0 spiro atoms. The van der Waals surface area contributed by atoms with Gasteiger partial charge in [0.25, 0.3) is 0 Å². The van der Waals surface area contributed by atoms with Crippen molar-refractivity contribution in [2.24, 2.45) is 7.05 Å². The average molecular weight is 343 g/mol. The largest absolute Gasteiger partial charge is 0.492 e. The Labute approximate surface area is 148 Å². The molecule has 0 saturated carbocycles. The molecular weight excluding hydrogens is 318 g/mol. The van der Waals surface area contributed by atoms with Crippen LogP contribution in [-0.2, 0) is 7.05 Å². The lowest BCUT2D eigenvalue weighted by Crippen LogP contribution is -2.46. The molecule has 0 bridgehead atoms. The molecule has 1 aromatic carbocycles. The first-order valence-corrected chi connectivity index (χ1v) is 8.69. The van der Waals surface area contributed by atoms with Gasteiger partial charge in [-0.2, -0.15) is 0 Å². The molecule has 1 aliphatic rings. The van der Waals surface area contributed by atoms with Crippen LogP contribution in [0.4, 0.5) is 4.79 Å². The molecule has 1 fully saturated rings. The first kappa shape index (κ1) is 17.3. The molecule has 2 aromatic rings. The van der Waals surface area contributed by atoms with Gasteiger partial charge in [0.2, 0.25) is 0 Å². The van der Waals surface area contributed by atoms with E-state index in [-0.39, 0.29) is 11.9 Å². The molecule has 1 saturated heterocycles. The number of aromatic nitrogens is 3. The van der Waals surface area contributed by atoms with Crippen molar-refractivity contribution in [3.8, 4) is 5.75 Å². The van der Waals surface area contributed by atoms with Gasteiger partial charge in [0, 0.05) is 26.1 Å². The summed E-state index contributed by atoms with van der Waals surface area (Å²) in [6.45, 7) is 4.42. The molecule has 7 nitrogen and oxygen atoms in total. The van der Waals surface area contributed by atoms with Gasteiger partial charge in [0.05, 0.1) is 6.54 Å². The van der Waals surface area contributed by atoms with Gasteiger partial charge in [0.15, 0.2) is 0 Å². The number of urea groups is 1. The van der Waals surface area contributed by atoms with Gasteiger partial charge in [-0.1, -0.05) is 12.1 Å². The van der Waals surface area contributed by atoms with Crippen molar-refractivity contribution in [1.82, 2.24) is 25.0 Å². The van der Waals surface area contributed by atoms with Crippen molar-refractivity contribution in [3.05, 3.63) is 42.0 Å². The van der Waals surface area contributed by atoms with E-state index >= 15 is 0 Å². The number of carbonyl (C=O) groups excluding carboxylic acids is 1. The number of nitrogens with zero attached hydrogens (tertiary/aromatic N) is 4. The molecule has 0 radical (unpaired) electrons. The molecule has 1 N–H and O–H groups in total. The van der Waals surface area contributed by atoms with Gasteiger partial charge in [-0.15, -0.1) is 10.2 Å². The summed E-state index contributed by atoms with van der Waals surface area (Å²) in [6, 6.07) is 7.85. The van der Waals surface area contributed by atoms with E-state index in [1.807, 2.05) is 47.7 Å². The van der Waals surface area contributed by atoms with E-state index in [0.717, 1.165) is 36.5 Å². The Balaban J connectivity index is 1.44. The number of piperidine rings is 1. The predicted octanol–water partition coefficient (Wildman–Crippen LogP) is 2.09. The highest BCUT2D eigenvalue weighted by atomic mass is 16.5. The molecule has 25 heavy (non-hydrogen) atoms. The third kappa shape index (κ3) is 4.49. The number of hydrogen-bond donors (Lipinski definition) is 1. The number of nitrogens with one attached hydrogen (secondary N) is 1. The van der Waals surface area contributed by atoms with Gasteiger partial charge >= 0.3 is 6.03 Å². The van der Waals surface area contributed by atoms with Crippen molar-refractivity contribution < 1.29 is 9.53 Å². The summed E-state index contributed by atoms with van der Waals surface area (Å²) in [6.07, 6.45) is 3.72. The summed E-state index contributed by atoms with van der Waals surface area (Å²) >= 11 is 0. The minimum absolute atomic E-state index is 0.0419. The van der Waals surface area contributed by atoms with Crippen LogP contribution in [0.2, 0.25) is 0 Å². The maximum Gasteiger partial charge on any atom is 0.317 e. The van der Waals surface area contributed by atoms with Crippen molar-refractivity contribution in [2.75, 3.05) is 26.2 Å². The molecule has 7 heteroatoms. The Morgan fingerprint density at radius 3 is 3.08 bits per heavy atom. The topological polar surface area (TPSA) is 72.3 Å². The Morgan fingerprint density at radius 2 is 2.32 bits per heavy atom. The lowest BCUT2D eigenvalue weighted by molar-refractivity contribution is 0.175. The van der Waals surface area contributed by atoms with E-state index in [1.54, 1.807) is 6.33 Å². The van der Waals surface area contributed by atoms with Crippen LogP contribution in [0, 0.1) is 6.92 Å². The highest BCUT2D eigenvalue weighted by Gasteiger charge is 2.27. The Morgan fingerprint density at radius 1 is 1.44 bits per heavy atom. The highest BCUT2D eigenvalue weighted by Crippen LogP contribution is 2.24. The maximum absolute atomic E-state index is 12.4. The van der Waals surface area contributed by atoms with E-state index in [1.165, 1.54) is 0 Å². The van der Waals surface area contributed by atoms with Gasteiger partial charge in [-0.25, -0.2) is 4.79 Å². The number of aryl methyl sites for hydroxylation is 2. The zero-order valence-electron chi connectivity index (χ0n) is 14.8. The molecule has 0 unspecified atom stereocenters. The quantitative estimate of drug-likeness (QED) is 0.844. The second kappa shape index (κ2) is 8.00. The number of carbonyl (C=O) groups is 1. The third-order valence-electron chi connectivity index (χ3n) is 4.46. The number of ether oxygens (including phenoxy) is 1. The number of likely N-dealkylation sites (tertiary alicyclic amines) is 1. The first-order valence-electron chi connectivity index (χ1n) is 8.69. The highest BCUT2D eigenvalue weighted by molar-refractivity contribution is 5.74. The Kier molecular flexibility index (Phi) is 5.53. The van der Waals surface area contributed by atoms with Crippen LogP contribution >= 0.6 is 0 Å². The lowest BCUT2D eigenvalue weighted by Gasteiger charge is -2.32. The zero-order chi connectivity index (χ0) is 17.6. The molecule has 1 atom stereocenters. The fourth-order valence-corrected chi connectivity index (χ4v) is 3.18. The van der Waals surface area contributed by atoms with Crippen LogP contribution in [0.1, 0.15) is 30.1 Å². The molecule has 134 valence electrons. The summed E-state index contributed by atoms with van der Waals surface area (Å²) in [5.74, 6) is 2.02. The lowest BCUT2D eigenvalue weighted by atomic mass is 9.97. The predicted molar refractivity (Wildman–Crippen MR) is 94.6 cm³/mol. The van der Waals surface area contributed by atoms with Crippen molar-refractivity contribution in [2.45, 2.75) is 25.7 Å². The van der Waals surface area contributed by atoms with Crippen molar-refractivity contribution in [3.63, 3.8) is 0 Å². The minimum atomic E-state index is -0.0419. The summed E-state index contributed by atoms with van der Waals surface area (Å²) in [7, 11) is 1.94. The van der Waals surface area contributed by atoms with Gasteiger partial charge < -0.3 is 19.5 Å². The summed E-state index contributed by atoms with van der Waals surface area (Å²) in [5.41, 5.74) is 1.16. The molecule has 2 heterocycles. The van der Waals surface area contributed by atoms with Crippen LogP contribution in [-0.4, -0.2) is 51.9 Å². The van der Waals surface area contributed by atoms with Crippen LogP contribution in [0.3, 0.4) is 0 Å². The monoisotopic (exact) mass is 343 g/mol. The van der Waals surface area contributed by atoms with Crippen LogP contribution in [0.15, 0.2) is 30.6 Å². The summed E-state index contributed by atoms with van der Waals surface area (Å²) in [5, 5.41) is 11.1. The molecule has 3 rings (SSSR count). The normalized spacial score (nSPS) is 17.4. The van der Waals surface area contributed by atoms with Gasteiger partial charge in [-0.3, -0.25) is 0 Å². The second-order valence-corrected chi connectivity index (χ2v) is 6.48. The van der Waals surface area contributed by atoms with Crippen LogP contribution in [0.25, 0.3) is 0 Å². The van der Waals surface area contributed by atoms with E-state index in [0.29, 0.717) is 19.7 Å². The fourth-order valence-electron chi connectivity index (χ4n) is 3.18. The standard InChI is InChI=1S/C18H25N5O2/c1-14-5-3-7-16(11-14)25-10-8-19-18(24)23-9-4-6-15(12-23)17-21-20-13-22(17)2/h3,5,7,11,13,15H,4,6,8-10,12H2,1-2H3,(H,19,24)/t15-/m1/s1. The minimum Gasteiger partial charge on any atom is -0.492 e. The average Bonchev–Trinajstić information content (AvgIpc) is 3.05. The number of hydrogen-bond acceptors (Lipinski definition) is 4. The Hall–Kier alpha value is -2.57. The van der Waals surface area contributed by atoms with Crippen LogP contribution in [0.5, 0.6) is 5.75 Å². The van der Waals surface area contributed by atoms with E-state index < -0.39 is 0 Å². The Bertz CT molecular complexity index is 715. The fraction of sp³-hybridized carbons (Fsp3) is 0.500. The summed E-state index contributed by atoms with van der Waals surface area (Å²) in [4.78, 5) is 14.2. The second-order valence-electron chi connectivity index (χ2n) is 6.48. The number of amides is 2. The third-order valence-corrected chi connectivity index (χ3v) is 4.46. The summed E-state index contributed by atoms with van der Waals surface area (Å²) < 4.78 is 7.60. The molecule has 1 aromatic heterocycles. The maximum atomic E-state index is 12.4. The van der Waals surface area contributed by atoms with Crippen molar-refractivity contribution in [1.29, 1.82) is 0 Å². The smallest absolute Gasteiger partial charge is 0.317 e. The van der Waals surface area contributed by atoms with Crippen LogP contribution < -0.4 is 10.1 Å². The number of rotatable bonds is 5. The first-order chi connectivity index (χ1) is 12.1. The van der Waals surface area contributed by atoms with Gasteiger partial charge in [-0.05, 0) is 37.5 Å². The zero-order valence-corrected chi connectivity index (χ0v) is 14.8. The molecular formula is C18H25N5O2. The molecule has 0 aliphatic carbocycles. The van der Waals surface area contributed by atoms with E-state index in [4.69, 9.17) is 4.74 Å².